The SMILES string of the molecule is C=c1c(C(C)(C)C)cc2c(c1C1=CC=CC1)[C-]=c1ccc(C(C)(C)C)cc1=2.Cc1ccc(-c2[c-]cccc2)cc1.[Cl-].[Cl-].[Zr+4]. The summed E-state index contributed by atoms with van der Waals surface area (Å²) in [5, 5.41) is 5.00. The molecule has 3 heteroatoms. The van der Waals surface area contributed by atoms with Crippen LogP contribution in [0.5, 0.6) is 0 Å². The number of aryl methyl sites for hydroxylation is 1. The minimum Gasteiger partial charge on any atom is -1.00 e. The van der Waals surface area contributed by atoms with Crippen LogP contribution in [0.15, 0.2) is 91.0 Å². The molecule has 0 fully saturated rings. The van der Waals surface area contributed by atoms with E-state index in [0.29, 0.717) is 0 Å². The van der Waals surface area contributed by atoms with Crippen LogP contribution in [0, 0.1) is 23.4 Å². The van der Waals surface area contributed by atoms with Crippen molar-refractivity contribution in [1.82, 2.24) is 0 Å². The third kappa shape index (κ3) is 7.99. The summed E-state index contributed by atoms with van der Waals surface area (Å²) in [6.07, 6.45) is 11.3. The summed E-state index contributed by atoms with van der Waals surface area (Å²) in [5.41, 5.74) is 10.4. The molecule has 0 nitrogen and oxygen atoms in total. The Labute approximate surface area is 290 Å². The maximum absolute atomic E-state index is 4.52. The number of allylic oxidation sites excluding steroid dienone is 4. The Morgan fingerprint density at radius 3 is 2.05 bits per heavy atom. The van der Waals surface area contributed by atoms with Gasteiger partial charge in [-0.3, -0.25) is 0 Å². The molecule has 0 saturated heterocycles. The van der Waals surface area contributed by atoms with Crippen LogP contribution < -0.4 is 35.3 Å². The number of benzene rings is 4. The van der Waals surface area contributed by atoms with E-state index in [2.05, 4.69) is 140 Å². The molecule has 0 saturated carbocycles. The van der Waals surface area contributed by atoms with Crippen LogP contribution in [0.4, 0.5) is 0 Å². The summed E-state index contributed by atoms with van der Waals surface area (Å²) in [6, 6.07) is 29.0. The van der Waals surface area contributed by atoms with E-state index in [1.807, 2.05) is 18.2 Å². The molecule has 43 heavy (non-hydrogen) atoms. The van der Waals surface area contributed by atoms with Crippen molar-refractivity contribution in [2.45, 2.75) is 65.7 Å². The first-order chi connectivity index (χ1) is 18.9. The predicted octanol–water partition coefficient (Wildman–Crippen LogP) is 2.81. The van der Waals surface area contributed by atoms with Crippen molar-refractivity contribution in [3.63, 3.8) is 0 Å². The molecule has 0 spiro atoms. The van der Waals surface area contributed by atoms with Gasteiger partial charge in [-0.1, -0.05) is 147 Å². The van der Waals surface area contributed by atoms with Crippen LogP contribution in [-0.4, -0.2) is 0 Å². The molecule has 218 valence electrons. The molecular formula is C40H40Cl2Zr. The summed E-state index contributed by atoms with van der Waals surface area (Å²) in [7, 11) is 0. The molecule has 2 aliphatic carbocycles. The average Bonchev–Trinajstić information content (AvgIpc) is 3.56. The average molecular weight is 683 g/mol. The number of halogens is 2. The van der Waals surface area contributed by atoms with E-state index in [1.165, 1.54) is 54.6 Å². The normalized spacial score (nSPS) is 12.7. The molecule has 4 aromatic carbocycles. The predicted molar refractivity (Wildman–Crippen MR) is 172 cm³/mol. The van der Waals surface area contributed by atoms with E-state index in [4.69, 9.17) is 0 Å². The fraction of sp³-hybridized carbons (Fsp3) is 0.250. The Kier molecular flexibility index (Phi) is 12.4. The van der Waals surface area contributed by atoms with Crippen molar-refractivity contribution >= 4 is 18.2 Å². The van der Waals surface area contributed by atoms with E-state index >= 15 is 0 Å². The Hall–Kier alpha value is -2.44. The van der Waals surface area contributed by atoms with Crippen LogP contribution in [0.2, 0.25) is 0 Å². The molecule has 0 unspecified atom stereocenters. The van der Waals surface area contributed by atoms with Crippen LogP contribution in [0.25, 0.3) is 29.4 Å². The Balaban J connectivity index is 0.000000343. The van der Waals surface area contributed by atoms with Crippen molar-refractivity contribution in [3.05, 3.63) is 146 Å². The first-order valence-corrected chi connectivity index (χ1v) is 14.3. The van der Waals surface area contributed by atoms with Gasteiger partial charge in [0.25, 0.3) is 0 Å². The quantitative estimate of drug-likeness (QED) is 0.252. The monoisotopic (exact) mass is 680 g/mol. The van der Waals surface area contributed by atoms with Gasteiger partial charge in [0.05, 0.1) is 0 Å². The maximum Gasteiger partial charge on any atom is 4.00 e. The van der Waals surface area contributed by atoms with Gasteiger partial charge >= 0.3 is 26.2 Å². The first-order valence-electron chi connectivity index (χ1n) is 14.3. The summed E-state index contributed by atoms with van der Waals surface area (Å²) >= 11 is 0. The van der Waals surface area contributed by atoms with Crippen LogP contribution >= 0.6 is 0 Å². The van der Waals surface area contributed by atoms with Crippen molar-refractivity contribution in [1.29, 1.82) is 0 Å². The Bertz CT molecular complexity index is 1830. The Morgan fingerprint density at radius 1 is 0.791 bits per heavy atom. The number of hydrogen-bond acceptors (Lipinski definition) is 0. The third-order valence-electron chi connectivity index (χ3n) is 7.84. The molecule has 4 aromatic rings. The second-order valence-electron chi connectivity index (χ2n) is 13.1. The second-order valence-corrected chi connectivity index (χ2v) is 13.1. The molecule has 0 aliphatic heterocycles. The zero-order valence-corrected chi connectivity index (χ0v) is 30.3. The number of hydrogen-bond donors (Lipinski definition) is 0. The number of fused-ring (bicyclic) bond motifs is 2. The zero-order valence-electron chi connectivity index (χ0n) is 26.3. The van der Waals surface area contributed by atoms with Crippen LogP contribution in [0.3, 0.4) is 0 Å². The van der Waals surface area contributed by atoms with E-state index in [9.17, 15) is 0 Å². The van der Waals surface area contributed by atoms with Gasteiger partial charge in [-0.05, 0) is 24.2 Å². The second kappa shape index (κ2) is 14.6. The van der Waals surface area contributed by atoms with Gasteiger partial charge in [-0.25, -0.2) is 0 Å². The largest absolute Gasteiger partial charge is 4.00 e. The summed E-state index contributed by atoms with van der Waals surface area (Å²) in [4.78, 5) is 0. The van der Waals surface area contributed by atoms with Gasteiger partial charge in [0.2, 0.25) is 0 Å². The molecule has 0 bridgehead atoms. The molecule has 0 heterocycles. The minimum absolute atomic E-state index is 0. The molecular weight excluding hydrogens is 643 g/mol. The van der Waals surface area contributed by atoms with Gasteiger partial charge in [-0.2, -0.15) is 0 Å². The van der Waals surface area contributed by atoms with Crippen molar-refractivity contribution in [2.24, 2.45) is 0 Å². The van der Waals surface area contributed by atoms with E-state index in [-0.39, 0.29) is 61.8 Å². The fourth-order valence-corrected chi connectivity index (χ4v) is 5.51. The van der Waals surface area contributed by atoms with Gasteiger partial charge in [0.15, 0.2) is 0 Å². The maximum atomic E-state index is 4.52. The summed E-state index contributed by atoms with van der Waals surface area (Å²) in [6.45, 7) is 20.3. The number of rotatable bonds is 2. The van der Waals surface area contributed by atoms with Gasteiger partial charge in [0, 0.05) is 0 Å². The van der Waals surface area contributed by atoms with Crippen LogP contribution in [0.1, 0.15) is 75.8 Å². The molecule has 6 rings (SSSR count). The smallest absolute Gasteiger partial charge is 1.00 e. The zero-order chi connectivity index (χ0) is 28.7. The van der Waals surface area contributed by atoms with Crippen molar-refractivity contribution < 1.29 is 51.0 Å². The van der Waals surface area contributed by atoms with E-state index in [1.54, 1.807) is 0 Å². The molecule has 0 radical (unpaired) electrons. The van der Waals surface area contributed by atoms with Gasteiger partial charge in [0.1, 0.15) is 0 Å². The topological polar surface area (TPSA) is 0 Å². The Morgan fingerprint density at radius 2 is 1.49 bits per heavy atom. The minimum atomic E-state index is 0. The van der Waals surface area contributed by atoms with Crippen LogP contribution in [-0.2, 0) is 37.0 Å². The van der Waals surface area contributed by atoms with E-state index < -0.39 is 0 Å². The summed E-state index contributed by atoms with van der Waals surface area (Å²) in [5.74, 6) is 0. The van der Waals surface area contributed by atoms with Gasteiger partial charge < -0.3 is 24.8 Å². The molecule has 2 aliphatic rings. The third-order valence-corrected chi connectivity index (χ3v) is 7.84. The van der Waals surface area contributed by atoms with Crippen molar-refractivity contribution in [3.8, 4) is 11.1 Å². The fourth-order valence-electron chi connectivity index (χ4n) is 5.51. The molecule has 0 aromatic heterocycles. The van der Waals surface area contributed by atoms with Gasteiger partial charge in [-0.15, -0.1) is 69.3 Å². The molecule has 0 amide bonds. The molecule has 0 N–H and O–H groups in total. The first kappa shape index (κ1) is 36.8. The summed E-state index contributed by atoms with van der Waals surface area (Å²) < 4.78 is 0. The van der Waals surface area contributed by atoms with E-state index in [0.717, 1.165) is 17.2 Å². The van der Waals surface area contributed by atoms with Crippen molar-refractivity contribution in [2.75, 3.05) is 0 Å². The standard InChI is InChI=1S/C27H29.C13H11.2ClH.Zr/c1-17-24(27(5,6)7)16-22-21-15-20(26(2,3)4)13-12-19(21)14-23(22)25(17)18-10-8-9-11-18;1-11-7-9-13(10-8-11)12-5-3-2-4-6-12;;;/h8-10,12-13,15-16H,1,11H2,2-7H3;2-5,7-10H,1H3;2*1H;/q2*-1;;;+4/p-2. The molecule has 0 atom stereocenters.